The number of aliphatic hydroxyl groups is 17. The smallest absolute Gasteiger partial charge is 0.726 e. The minimum Gasteiger partial charge on any atom is -0.726 e. The van der Waals surface area contributed by atoms with Crippen LogP contribution in [0.25, 0.3) is 0 Å². The summed E-state index contributed by atoms with van der Waals surface area (Å²) in [6.45, 7) is -8.78. The van der Waals surface area contributed by atoms with Gasteiger partial charge in [-0.15, -0.1) is 0 Å². The molecule has 15 heterocycles. The molecule has 15 aliphatic heterocycles. The third-order valence-corrected chi connectivity index (χ3v) is 25.4. The Labute approximate surface area is 850 Å². The molecule has 0 aromatic rings. The molecular weight excluding hydrogens is 1970 g/mol. The third kappa shape index (κ3) is 25.4. The summed E-state index contributed by atoms with van der Waals surface area (Å²) in [7, 11) is -29.1. The summed E-state index contributed by atoms with van der Waals surface area (Å²) >= 11 is 0. The molecule has 15 aliphatic rings. The normalized spacial score (nSPS) is 49.1. The van der Waals surface area contributed by atoms with Crippen molar-refractivity contribution in [2.75, 3.05) is 66.1 Å². The summed E-state index contributed by atoms with van der Waals surface area (Å²) < 4.78 is 343. The van der Waals surface area contributed by atoms with E-state index in [0.717, 1.165) is 0 Å². The van der Waals surface area contributed by atoms with Gasteiger partial charge in [-0.1, -0.05) is 0 Å². The number of fused-ring (bicyclic) bond motifs is 10. The molecule has 71 heteroatoms. The Morgan fingerprint density at radius 1 is 0.214 bits per heavy atom. The van der Waals surface area contributed by atoms with E-state index in [1.165, 1.54) is 0 Å². The topological polar surface area (TPSA) is 898 Å². The molecule has 1 unspecified atom stereocenters. The van der Waals surface area contributed by atoms with Gasteiger partial charge in [0.25, 0.3) is 0 Å². The van der Waals surface area contributed by atoms with Crippen molar-refractivity contribution in [3.63, 3.8) is 0 Å². The minimum atomic E-state index is -5.93. The zero-order chi connectivity index (χ0) is 90.9. The maximum absolute atomic E-state index is 12.4. The van der Waals surface area contributed by atoms with Gasteiger partial charge < -0.3 is 223 Å². The minimum absolute atomic E-state index is 0. The molecule has 0 aliphatic carbocycles. The van der Waals surface area contributed by atoms with Crippen LogP contribution in [-0.2, 0) is 187 Å². The Morgan fingerprint density at radius 3 is 0.611 bits per heavy atom. The molecule has 61 nitrogen and oxygen atoms in total. The Bertz CT molecular complexity index is 4300. The van der Waals surface area contributed by atoms with E-state index in [1.807, 2.05) is 0 Å². The van der Waals surface area contributed by atoms with Gasteiger partial charge in [0.15, 0.2) is 62.9 Å². The summed E-state index contributed by atoms with van der Waals surface area (Å²) in [6, 6.07) is 0. The molecule has 15 saturated heterocycles. The molecule has 10 bridgehead atoms. The average molecular weight is 2060 g/mol. The maximum Gasteiger partial charge on any atom is 1.00 e. The molecule has 0 spiro atoms. The Balaban J connectivity index is 0.00000356. The second-order valence-electron chi connectivity index (χ2n) is 31.0. The summed E-state index contributed by atoms with van der Waals surface area (Å²) in [5, 5.41) is 190. The summed E-state index contributed by atoms with van der Waals surface area (Å²) in [5.41, 5.74) is 0. The molecule has 728 valence electrons. The molecule has 0 radical (unpaired) electrons. The number of hydrogen-bond acceptors (Lipinski definition) is 61. The first kappa shape index (κ1) is 116. The van der Waals surface area contributed by atoms with Crippen molar-refractivity contribution in [1.29, 1.82) is 0 Å². The first-order valence-electron chi connectivity index (χ1n) is 38.2. The summed E-state index contributed by atoms with van der Waals surface area (Å²) in [5.74, 6) is 0. The molecule has 0 aromatic carbocycles. The molecule has 131 heavy (non-hydrogen) atoms. The van der Waals surface area contributed by atoms with Crippen LogP contribution in [0.15, 0.2) is 0 Å². The van der Waals surface area contributed by atoms with Crippen LogP contribution in [-0.4, -0.2) is 525 Å². The zero-order valence-electron chi connectivity index (χ0n) is 68.5. The maximum atomic E-state index is 12.4. The fourth-order valence-electron chi connectivity index (χ4n) is 17.5. The van der Waals surface area contributed by atoms with Crippen LogP contribution in [0.4, 0.5) is 0 Å². The van der Waals surface area contributed by atoms with Crippen molar-refractivity contribution in [2.45, 2.75) is 307 Å². The van der Waals surface area contributed by atoms with Crippen molar-refractivity contribution in [1.82, 2.24) is 0 Å². The van der Waals surface area contributed by atoms with Gasteiger partial charge in [-0.05, 0) is 0 Å². The fraction of sp³-hybridized carbons (Fsp3) is 1.00. The second-order valence-corrected chi connectivity index (χ2v) is 36.0. The van der Waals surface area contributed by atoms with Gasteiger partial charge in [-0.3, -0.25) is 20.9 Å². The third-order valence-electron chi connectivity index (χ3n) is 23.1. The van der Waals surface area contributed by atoms with E-state index in [4.69, 9.17) is 122 Å². The van der Waals surface area contributed by atoms with Gasteiger partial charge in [0.05, 0.1) is 66.1 Å². The molecule has 17 N–H and O–H groups in total. The molecular formula is C60H87Na5O61S5. The molecule has 50 atom stereocenters. The quantitative estimate of drug-likeness (QED) is 0.0165. The van der Waals surface area contributed by atoms with Crippen molar-refractivity contribution >= 4 is 52.0 Å². The average Bonchev–Trinajstić information content (AvgIpc) is 1.67. The molecule has 15 rings (SSSR count). The molecule has 15 fully saturated rings. The molecule has 0 aromatic heterocycles. The van der Waals surface area contributed by atoms with E-state index in [1.54, 1.807) is 0 Å². The van der Waals surface area contributed by atoms with Crippen molar-refractivity contribution < 1.29 is 434 Å². The largest absolute Gasteiger partial charge is 1.00 e. The summed E-state index contributed by atoms with van der Waals surface area (Å²) in [6.07, 6.45) is -100. The SMILES string of the molecule is O=S(=O)([O-])O[C@@H]1[C@H](O[C@H]2O[C@@H]3CO[C@@H]([C@H]3O)[C@H]2O)[C@@H](O)[C@H](O[C@@H]2[C@@H]3OC[C@H]2O[C@H](O[C@@H]2[C@@H](O)[C@H](O[C@@H]4[C@@H]5OC[C@H]4O[C@H](O[C@@H]4[C@@H](O)[C@H](O[C@@H]6[C@@H]7OC[C@H]6O[C@H](O[C@@H]6[C@@H](O)[C@H](O[C@@H]8[C@@H]9OC[C@H]8O[C@H](O[C@H]8[C@@H](OS(=O)(=O)[O-])[C@@H](CO)OC(O)[C@@H]8O)[C@@H]9O)O[C@H](CO)[C@@H]6OS(=O)(=O)[O-])[C@@H]7O)O[C@H](CO)[C@@H]4OS(=O)(=O)[O-])[C@@H]5O)O[C@H](CO)[C@@H]2OS(=O)(=O)[O-])[C@@H]3O)O[C@@H]1CO.[Na+].[Na+].[Na+].[Na+].[Na+]. The standard InChI is InChI=1S/C60H92O61S5.5Na/c61-1-11-36(117-122(78,79)80)46(22(67)51(77)98-11)112-53-24(69)42-32(17(104-53)7-94-42)108-58-29(74)48(38(13(3-63)100-58)119-124(84,85)86)114-55-26(71)44-34(19(106-55)9-96-44)110-60-31(76)50(40(15(5-65)102-60)121-126(90,91)92)116-56-27(72)45-35(20(107-56)10-97-45)111-59-30(75)49(39(14(4-64)101-59)120-125(87,88)89)115-54-25(70)43-33(18(105-54)8-95-43)109-57-28(73)47(37(12(2-62)99-57)118-123(81,82)83)113-52-23(68)41-21(66)16(103-52)6-93-41;;;;;/h11-77H,1-10H2,(H,78,79,80)(H,81,82,83)(H,84,85,86)(H,87,88,89)(H,90,91,92);;;;;/q;5*+1/p-5/t11-,12-,13-,14-,15-,16-,17-,18-,19-,20-,21+,22-,23-,24-,25-,26-,27-,28-,29-,30-,31-,32+,33+,34+,35+,36+,37+,38+,39+,40+,41+,42-,43-,44-,45-,46-,47-,48-,49-,50-,51?,52-,53-,54-,55-,56-,57+,58+,59+,60+;;;;;/m1...../s1. The Morgan fingerprint density at radius 2 is 0.389 bits per heavy atom. The van der Waals surface area contributed by atoms with Crippen LogP contribution in [0.5, 0.6) is 0 Å². The first-order chi connectivity index (χ1) is 59.2. The van der Waals surface area contributed by atoms with E-state index in [-0.39, 0.29) is 154 Å². The van der Waals surface area contributed by atoms with Crippen LogP contribution in [0.2, 0.25) is 0 Å². The fourth-order valence-corrected chi connectivity index (χ4v) is 20.0. The van der Waals surface area contributed by atoms with Crippen molar-refractivity contribution in [3.8, 4) is 0 Å². The zero-order valence-corrected chi connectivity index (χ0v) is 82.6. The second kappa shape index (κ2) is 46.8. The Kier molecular flexibility index (Phi) is 41.3. The van der Waals surface area contributed by atoms with E-state index in [9.17, 15) is 152 Å². The van der Waals surface area contributed by atoms with Crippen molar-refractivity contribution in [3.05, 3.63) is 0 Å². The van der Waals surface area contributed by atoms with Crippen LogP contribution < -0.4 is 148 Å². The van der Waals surface area contributed by atoms with Gasteiger partial charge >= 0.3 is 148 Å². The van der Waals surface area contributed by atoms with Crippen LogP contribution in [0, 0.1) is 0 Å². The molecule has 0 amide bonds. The Hall–Kier alpha value is 2.71. The number of rotatable bonds is 33. The van der Waals surface area contributed by atoms with Crippen LogP contribution in [0.3, 0.4) is 0 Å². The number of hydrogen-bond donors (Lipinski definition) is 17. The summed E-state index contributed by atoms with van der Waals surface area (Å²) in [4.78, 5) is 0. The van der Waals surface area contributed by atoms with E-state index in [2.05, 4.69) is 12.5 Å². The number of ether oxygens (including phenoxy) is 24. The predicted molar refractivity (Wildman–Crippen MR) is 356 cm³/mol. The first-order valence-corrected chi connectivity index (χ1v) is 44.9. The van der Waals surface area contributed by atoms with Crippen LogP contribution >= 0.6 is 0 Å². The van der Waals surface area contributed by atoms with E-state index < -0.39 is 419 Å². The van der Waals surface area contributed by atoms with Crippen molar-refractivity contribution in [2.24, 2.45) is 0 Å². The predicted octanol–water partition coefficient (Wildman–Crippen LogP) is -35.1. The van der Waals surface area contributed by atoms with Gasteiger partial charge in [-0.2, -0.15) is 0 Å². The number of aliphatic hydroxyl groups excluding tert-OH is 17. The van der Waals surface area contributed by atoms with Gasteiger partial charge in [0.2, 0.25) is 52.0 Å². The van der Waals surface area contributed by atoms with E-state index >= 15 is 0 Å². The van der Waals surface area contributed by atoms with E-state index in [0.29, 0.717) is 0 Å². The van der Waals surface area contributed by atoms with Gasteiger partial charge in [0.1, 0.15) is 244 Å². The molecule has 0 saturated carbocycles. The van der Waals surface area contributed by atoms with Gasteiger partial charge in [0, 0.05) is 0 Å². The van der Waals surface area contributed by atoms with Crippen LogP contribution in [0.1, 0.15) is 0 Å². The monoisotopic (exact) mass is 2060 g/mol. The van der Waals surface area contributed by atoms with Gasteiger partial charge in [-0.25, -0.2) is 42.1 Å².